The van der Waals surface area contributed by atoms with Gasteiger partial charge in [0.1, 0.15) is 22.8 Å². The fraction of sp³-hybridized carbons (Fsp3) is 0.161. The van der Waals surface area contributed by atoms with Crippen molar-refractivity contribution in [1.29, 1.82) is 0 Å². The van der Waals surface area contributed by atoms with Crippen LogP contribution in [0.25, 0.3) is 0 Å². The summed E-state index contributed by atoms with van der Waals surface area (Å²) in [4.78, 5) is 61.9. The zero-order valence-electron chi connectivity index (χ0n) is 23.0. The number of rotatable bonds is 12. The Kier molecular flexibility index (Phi) is 9.53. The molecular weight excluding hydrogens is 603 g/mol. The van der Waals surface area contributed by atoms with Crippen LogP contribution in [0.15, 0.2) is 95.1 Å². The van der Waals surface area contributed by atoms with Gasteiger partial charge >= 0.3 is 5.97 Å². The van der Waals surface area contributed by atoms with E-state index < -0.39 is 35.3 Å². The first-order valence-electron chi connectivity index (χ1n) is 13.2. The number of hydrogen-bond donors (Lipinski definition) is 2. The number of β-lactam (4-membered cyclic amide) rings is 1. The molecule has 2 atom stereocenters. The van der Waals surface area contributed by atoms with Crippen molar-refractivity contribution in [3.05, 3.63) is 107 Å². The predicted molar refractivity (Wildman–Crippen MR) is 166 cm³/mol. The lowest BCUT2D eigenvalue weighted by atomic mass is 10.0. The second-order valence-corrected chi connectivity index (χ2v) is 11.2. The fourth-order valence-electron chi connectivity index (χ4n) is 4.58. The SMILES string of the molecule is C#CCON=C(C(=O)NC1C(=O)N2C(C(=O)OC(c3ccccc3)c3ccccc3)=C(C=C)CS[C@@H]12)c1csc(NC=O)n1. The van der Waals surface area contributed by atoms with E-state index in [1.54, 1.807) is 0 Å². The third kappa shape index (κ3) is 6.26. The first-order chi connectivity index (χ1) is 21.5. The van der Waals surface area contributed by atoms with Crippen LogP contribution in [-0.2, 0) is 28.8 Å². The first-order valence-corrected chi connectivity index (χ1v) is 15.1. The molecule has 2 N–H and O–H groups in total. The average Bonchev–Trinajstić information content (AvgIpc) is 3.52. The molecule has 1 aromatic heterocycles. The molecule has 0 spiro atoms. The highest BCUT2D eigenvalue weighted by Crippen LogP contribution is 2.42. The Morgan fingerprint density at radius 1 is 1.18 bits per heavy atom. The van der Waals surface area contributed by atoms with Gasteiger partial charge in [0.05, 0.1) is 0 Å². The average molecular weight is 628 g/mol. The van der Waals surface area contributed by atoms with Gasteiger partial charge < -0.3 is 20.2 Å². The van der Waals surface area contributed by atoms with Crippen LogP contribution < -0.4 is 10.6 Å². The van der Waals surface area contributed by atoms with Gasteiger partial charge in [-0.25, -0.2) is 9.78 Å². The van der Waals surface area contributed by atoms with Crippen LogP contribution in [0, 0.1) is 12.3 Å². The second kappa shape index (κ2) is 13.9. The van der Waals surface area contributed by atoms with Gasteiger partial charge in [-0.05, 0) is 16.7 Å². The van der Waals surface area contributed by atoms with E-state index in [1.165, 1.54) is 28.1 Å². The molecule has 0 bridgehead atoms. The number of aromatic nitrogens is 1. The summed E-state index contributed by atoms with van der Waals surface area (Å²) in [5.41, 5.74) is 2.02. The van der Waals surface area contributed by atoms with Gasteiger partial charge in [0, 0.05) is 11.1 Å². The number of carbonyl (C=O) groups excluding carboxylic acids is 4. The summed E-state index contributed by atoms with van der Waals surface area (Å²) in [6.07, 6.45) is 6.48. The van der Waals surface area contributed by atoms with E-state index in [1.807, 2.05) is 60.7 Å². The Morgan fingerprint density at radius 2 is 1.86 bits per heavy atom. The minimum absolute atomic E-state index is 0.0754. The number of thioether (sulfide) groups is 1. The summed E-state index contributed by atoms with van der Waals surface area (Å²) >= 11 is 2.43. The predicted octanol–water partition coefficient (Wildman–Crippen LogP) is 3.24. The number of oxime groups is 1. The molecule has 44 heavy (non-hydrogen) atoms. The standard InChI is InChI=1S/C31H25N5O6S2/c1-3-15-41-35-23(22-17-44-31(33-22)32-18-37)27(38)34-24-28(39)36-25(19(4-2)16-43-29(24)36)30(40)42-26(20-11-7-5-8-12-20)21-13-9-6-10-14-21/h1,4-14,17-18,24,26,29H,2,15-16H2,(H,34,38)(H,32,33,37)/t24?,29-/m0/s1. The van der Waals surface area contributed by atoms with Crippen molar-refractivity contribution in [2.24, 2.45) is 5.16 Å². The molecule has 3 amide bonds. The van der Waals surface area contributed by atoms with E-state index >= 15 is 0 Å². The lowest BCUT2D eigenvalue weighted by Crippen LogP contribution is -2.71. The Morgan fingerprint density at radius 3 is 2.48 bits per heavy atom. The number of allylic oxidation sites excluding steroid dienone is 1. The minimum Gasteiger partial charge on any atom is -0.448 e. The number of esters is 1. The molecule has 1 saturated heterocycles. The van der Waals surface area contributed by atoms with Gasteiger partial charge in [-0.3, -0.25) is 19.3 Å². The van der Waals surface area contributed by atoms with Crippen LogP contribution >= 0.6 is 23.1 Å². The van der Waals surface area contributed by atoms with Crippen molar-refractivity contribution < 1.29 is 28.8 Å². The summed E-state index contributed by atoms with van der Waals surface area (Å²) in [6.45, 7) is 3.63. The van der Waals surface area contributed by atoms with Crippen molar-refractivity contribution in [3.63, 3.8) is 0 Å². The molecule has 0 aliphatic carbocycles. The van der Waals surface area contributed by atoms with Crippen LogP contribution in [-0.4, -0.2) is 63.6 Å². The summed E-state index contributed by atoms with van der Waals surface area (Å²) in [5.74, 6) is 0.651. The lowest BCUT2D eigenvalue weighted by molar-refractivity contribution is -0.154. The van der Waals surface area contributed by atoms with Gasteiger partial charge in [0.25, 0.3) is 11.8 Å². The van der Waals surface area contributed by atoms with Crippen molar-refractivity contribution in [2.45, 2.75) is 17.5 Å². The number of terminal acetylenes is 1. The normalized spacial score (nSPS) is 17.6. The Labute approximate surface area is 261 Å². The molecule has 13 heteroatoms. The lowest BCUT2D eigenvalue weighted by Gasteiger charge is -2.49. The third-order valence-corrected chi connectivity index (χ3v) is 8.68. The van der Waals surface area contributed by atoms with E-state index in [2.05, 4.69) is 33.3 Å². The van der Waals surface area contributed by atoms with Crippen LogP contribution in [0.5, 0.6) is 0 Å². The Hall–Kier alpha value is -5.19. The molecule has 1 unspecified atom stereocenters. The number of thiazole rings is 1. The van der Waals surface area contributed by atoms with E-state index in [0.717, 1.165) is 22.5 Å². The summed E-state index contributed by atoms with van der Waals surface area (Å²) in [7, 11) is 0. The van der Waals surface area contributed by atoms with Gasteiger partial charge in [-0.1, -0.05) is 84.4 Å². The third-order valence-electron chi connectivity index (χ3n) is 6.60. The molecule has 3 heterocycles. The molecular formula is C31H25N5O6S2. The van der Waals surface area contributed by atoms with Crippen LogP contribution in [0.1, 0.15) is 22.9 Å². The summed E-state index contributed by atoms with van der Waals surface area (Å²) < 4.78 is 6.06. The Bertz CT molecular complexity index is 1640. The van der Waals surface area contributed by atoms with Crippen LogP contribution in [0.3, 0.4) is 0 Å². The highest BCUT2D eigenvalue weighted by Gasteiger charge is 2.54. The number of ether oxygens (including phenoxy) is 1. The van der Waals surface area contributed by atoms with Gasteiger partial charge in [-0.2, -0.15) is 0 Å². The highest BCUT2D eigenvalue weighted by molar-refractivity contribution is 8.00. The number of hydrogen-bond acceptors (Lipinski definition) is 10. The number of benzene rings is 2. The van der Waals surface area contributed by atoms with Crippen LogP contribution in [0.2, 0.25) is 0 Å². The number of nitrogens with one attached hydrogen (secondary N) is 2. The number of amides is 3. The minimum atomic E-state index is -0.982. The molecule has 222 valence electrons. The smallest absolute Gasteiger partial charge is 0.356 e. The zero-order chi connectivity index (χ0) is 31.1. The number of fused-ring (bicyclic) bond motifs is 1. The van der Waals surface area contributed by atoms with E-state index in [4.69, 9.17) is 16.0 Å². The molecule has 3 aromatic rings. The molecule has 2 aromatic carbocycles. The summed E-state index contributed by atoms with van der Waals surface area (Å²) in [5, 5.41) is 10.0. The zero-order valence-corrected chi connectivity index (χ0v) is 24.7. The topological polar surface area (TPSA) is 139 Å². The van der Waals surface area contributed by atoms with Crippen LogP contribution in [0.4, 0.5) is 5.13 Å². The summed E-state index contributed by atoms with van der Waals surface area (Å²) in [6, 6.07) is 17.6. The van der Waals surface area contributed by atoms with Gasteiger partial charge in [0.15, 0.2) is 23.6 Å². The van der Waals surface area contributed by atoms with Crippen molar-refractivity contribution in [3.8, 4) is 12.3 Å². The highest BCUT2D eigenvalue weighted by atomic mass is 32.2. The molecule has 0 radical (unpaired) electrons. The molecule has 11 nitrogen and oxygen atoms in total. The molecule has 1 fully saturated rings. The Balaban J connectivity index is 1.37. The number of nitrogens with zero attached hydrogens (tertiary/aromatic N) is 3. The largest absolute Gasteiger partial charge is 0.448 e. The van der Waals surface area contributed by atoms with E-state index in [-0.39, 0.29) is 28.8 Å². The van der Waals surface area contributed by atoms with Crippen molar-refractivity contribution in [2.75, 3.05) is 17.7 Å². The second-order valence-electron chi connectivity index (χ2n) is 9.26. The van der Waals surface area contributed by atoms with Crippen molar-refractivity contribution in [1.82, 2.24) is 15.2 Å². The number of carbonyl (C=O) groups is 4. The maximum atomic E-state index is 13.8. The molecule has 2 aliphatic heterocycles. The maximum absolute atomic E-state index is 13.8. The monoisotopic (exact) mass is 627 g/mol. The quantitative estimate of drug-likeness (QED) is 0.0594. The van der Waals surface area contributed by atoms with Gasteiger partial charge in [-0.15, -0.1) is 29.5 Å². The van der Waals surface area contributed by atoms with Crippen molar-refractivity contribution >= 4 is 58.1 Å². The molecule has 5 rings (SSSR count). The first kappa shape index (κ1) is 30.3. The molecule has 2 aliphatic rings. The number of anilines is 1. The van der Waals surface area contributed by atoms with E-state index in [9.17, 15) is 19.2 Å². The molecule has 0 saturated carbocycles. The van der Waals surface area contributed by atoms with Gasteiger partial charge in [0.2, 0.25) is 6.41 Å². The fourth-order valence-corrected chi connectivity index (χ4v) is 6.58. The maximum Gasteiger partial charge on any atom is 0.356 e. The van der Waals surface area contributed by atoms with E-state index in [0.29, 0.717) is 17.7 Å².